The standard InChI is InChI=1S/C18H22N6O7S2/c1-3-20-4-8-5-32-15-11(14(26)24(15)12(8)17(29)30)22-13(25)10(9-6-33-18(19)21-9)23-31-7(2)16(27)28/h6-7,11,15,20H,3-5H2,1-2H3,(H2,19,21)(H,22,25)(H,27,28)(H,29,30)/t7?,11?,15-/m0/s1. The molecule has 2 aliphatic heterocycles. The molecule has 1 fully saturated rings. The van der Waals surface area contributed by atoms with Crippen molar-refractivity contribution in [2.24, 2.45) is 5.16 Å². The number of amides is 2. The maximum Gasteiger partial charge on any atom is 0.352 e. The molecule has 3 heterocycles. The van der Waals surface area contributed by atoms with E-state index in [-0.39, 0.29) is 22.2 Å². The number of β-lactam (4-membered cyclic amide) rings is 1. The van der Waals surface area contributed by atoms with Crippen LogP contribution in [0, 0.1) is 0 Å². The van der Waals surface area contributed by atoms with Crippen LogP contribution in [0.1, 0.15) is 19.5 Å². The lowest BCUT2D eigenvalue weighted by atomic mass is 10.0. The molecule has 0 bridgehead atoms. The van der Waals surface area contributed by atoms with Crippen molar-refractivity contribution in [2.75, 3.05) is 24.6 Å². The zero-order valence-corrected chi connectivity index (χ0v) is 19.2. The number of thiazole rings is 1. The van der Waals surface area contributed by atoms with Crippen LogP contribution in [0.2, 0.25) is 0 Å². The lowest BCUT2D eigenvalue weighted by Gasteiger charge is -2.49. The second kappa shape index (κ2) is 10.2. The number of anilines is 1. The topological polar surface area (TPSA) is 197 Å². The number of nitrogens with zero attached hydrogens (tertiary/aromatic N) is 3. The van der Waals surface area contributed by atoms with Gasteiger partial charge in [0.1, 0.15) is 22.8 Å². The zero-order valence-electron chi connectivity index (χ0n) is 17.6. The van der Waals surface area contributed by atoms with Crippen LogP contribution in [-0.4, -0.2) is 85.9 Å². The first-order valence-corrected chi connectivity index (χ1v) is 11.7. The third kappa shape index (κ3) is 5.09. The Labute approximate surface area is 196 Å². The minimum absolute atomic E-state index is 0.0477. The number of carbonyl (C=O) groups is 4. The average Bonchev–Trinajstić information content (AvgIpc) is 3.20. The molecule has 0 aromatic carbocycles. The minimum Gasteiger partial charge on any atom is -0.478 e. The van der Waals surface area contributed by atoms with Crippen molar-refractivity contribution in [3.05, 3.63) is 22.3 Å². The molecule has 13 nitrogen and oxygen atoms in total. The van der Waals surface area contributed by atoms with Gasteiger partial charge in [0, 0.05) is 17.7 Å². The molecule has 3 rings (SSSR count). The van der Waals surface area contributed by atoms with Crippen LogP contribution in [0.25, 0.3) is 0 Å². The summed E-state index contributed by atoms with van der Waals surface area (Å²) < 4.78 is 0. The maximum absolute atomic E-state index is 12.9. The molecule has 2 aliphatic rings. The Bertz CT molecular complexity index is 1040. The second-order valence-electron chi connectivity index (χ2n) is 7.00. The van der Waals surface area contributed by atoms with Crippen molar-refractivity contribution in [1.82, 2.24) is 20.5 Å². The first-order chi connectivity index (χ1) is 15.6. The van der Waals surface area contributed by atoms with Gasteiger partial charge in [0.2, 0.25) is 6.10 Å². The molecule has 1 aromatic heterocycles. The summed E-state index contributed by atoms with van der Waals surface area (Å²) in [5.74, 6) is -3.55. The quantitative estimate of drug-likeness (QED) is 0.155. The number of rotatable bonds is 10. The van der Waals surface area contributed by atoms with Crippen molar-refractivity contribution in [2.45, 2.75) is 31.4 Å². The number of carboxylic acid groups (broad SMARTS) is 2. The molecule has 0 aliphatic carbocycles. The highest BCUT2D eigenvalue weighted by Gasteiger charge is 2.54. The fourth-order valence-corrected chi connectivity index (χ4v) is 4.98. The normalized spacial score (nSPS) is 21.2. The molecule has 1 aromatic rings. The molecular weight excluding hydrogens is 476 g/mol. The van der Waals surface area contributed by atoms with Crippen LogP contribution in [0.15, 0.2) is 21.8 Å². The number of nitrogens with one attached hydrogen (secondary N) is 2. The van der Waals surface area contributed by atoms with E-state index in [1.807, 2.05) is 6.92 Å². The van der Waals surface area contributed by atoms with E-state index < -0.39 is 41.3 Å². The fraction of sp³-hybridized carbons (Fsp3) is 0.444. The number of thioether (sulfide) groups is 1. The van der Waals surface area contributed by atoms with E-state index >= 15 is 0 Å². The molecule has 2 unspecified atom stereocenters. The molecule has 6 N–H and O–H groups in total. The number of likely N-dealkylation sites (N-methyl/N-ethyl adjacent to an activating group) is 1. The van der Waals surface area contributed by atoms with Crippen molar-refractivity contribution < 1.29 is 34.2 Å². The van der Waals surface area contributed by atoms with Gasteiger partial charge in [-0.05, 0) is 19.0 Å². The van der Waals surface area contributed by atoms with E-state index in [9.17, 15) is 24.3 Å². The number of carboxylic acids is 2. The van der Waals surface area contributed by atoms with E-state index in [4.69, 9.17) is 15.7 Å². The Balaban J connectivity index is 1.79. The third-order valence-electron chi connectivity index (χ3n) is 4.75. The molecule has 0 radical (unpaired) electrons. The van der Waals surface area contributed by atoms with Gasteiger partial charge in [0.25, 0.3) is 11.8 Å². The number of oxime groups is 1. The fourth-order valence-electron chi connectivity index (χ4n) is 3.08. The molecule has 33 heavy (non-hydrogen) atoms. The van der Waals surface area contributed by atoms with Crippen LogP contribution in [0.5, 0.6) is 0 Å². The van der Waals surface area contributed by atoms with Gasteiger partial charge in [0.05, 0.1) is 0 Å². The van der Waals surface area contributed by atoms with Crippen molar-refractivity contribution in [3.8, 4) is 0 Å². The Hall–Kier alpha value is -3.17. The highest BCUT2D eigenvalue weighted by Crippen LogP contribution is 2.40. The zero-order chi connectivity index (χ0) is 24.3. The van der Waals surface area contributed by atoms with Crippen LogP contribution in [0.3, 0.4) is 0 Å². The maximum atomic E-state index is 12.9. The second-order valence-corrected chi connectivity index (χ2v) is 8.99. The summed E-state index contributed by atoms with van der Waals surface area (Å²) in [5, 5.41) is 28.8. The molecule has 0 spiro atoms. The Morgan fingerprint density at radius 3 is 2.73 bits per heavy atom. The van der Waals surface area contributed by atoms with E-state index in [0.29, 0.717) is 24.4 Å². The van der Waals surface area contributed by atoms with Crippen molar-refractivity contribution >= 4 is 57.7 Å². The summed E-state index contributed by atoms with van der Waals surface area (Å²) in [4.78, 5) is 58.5. The number of nitrogen functional groups attached to an aromatic ring is 1. The SMILES string of the molecule is CCNCC1=C(C(=O)O)N2C(=O)C(NC(=O)C(=NOC(C)C(=O)O)c3csc(N)n3)[C@@H]2SC1. The van der Waals surface area contributed by atoms with Crippen LogP contribution in [0.4, 0.5) is 5.13 Å². The number of hydrogen-bond donors (Lipinski definition) is 5. The highest BCUT2D eigenvalue weighted by molar-refractivity contribution is 8.00. The Morgan fingerprint density at radius 2 is 2.15 bits per heavy atom. The minimum atomic E-state index is -1.34. The summed E-state index contributed by atoms with van der Waals surface area (Å²) in [7, 11) is 0. The van der Waals surface area contributed by atoms with Gasteiger partial charge in [-0.3, -0.25) is 14.5 Å². The number of carbonyl (C=O) groups excluding carboxylic acids is 2. The van der Waals surface area contributed by atoms with Gasteiger partial charge in [-0.25, -0.2) is 14.6 Å². The summed E-state index contributed by atoms with van der Waals surface area (Å²) in [6, 6.07) is -1.00. The van der Waals surface area contributed by atoms with E-state index in [2.05, 4.69) is 20.8 Å². The van der Waals surface area contributed by atoms with Crippen LogP contribution < -0.4 is 16.4 Å². The molecule has 2 amide bonds. The number of aromatic nitrogens is 1. The summed E-state index contributed by atoms with van der Waals surface area (Å²) in [6.07, 6.45) is -1.34. The largest absolute Gasteiger partial charge is 0.478 e. The Morgan fingerprint density at radius 1 is 1.42 bits per heavy atom. The summed E-state index contributed by atoms with van der Waals surface area (Å²) in [6.45, 7) is 4.09. The van der Waals surface area contributed by atoms with E-state index in [1.165, 1.54) is 24.1 Å². The molecule has 1 saturated heterocycles. The average molecular weight is 499 g/mol. The Kier molecular flexibility index (Phi) is 7.55. The van der Waals surface area contributed by atoms with Crippen molar-refractivity contribution in [3.63, 3.8) is 0 Å². The molecule has 3 atom stereocenters. The van der Waals surface area contributed by atoms with Gasteiger partial charge in [0.15, 0.2) is 10.8 Å². The monoisotopic (exact) mass is 498 g/mol. The van der Waals surface area contributed by atoms with Crippen LogP contribution in [-0.2, 0) is 24.0 Å². The smallest absolute Gasteiger partial charge is 0.352 e. The molecule has 15 heteroatoms. The predicted octanol–water partition coefficient (Wildman–Crippen LogP) is -0.733. The number of fused-ring (bicyclic) bond motifs is 1. The third-order valence-corrected chi connectivity index (χ3v) is 6.77. The van der Waals surface area contributed by atoms with Gasteiger partial charge in [-0.15, -0.1) is 23.1 Å². The number of aliphatic carboxylic acids is 2. The summed E-state index contributed by atoms with van der Waals surface area (Å²) >= 11 is 2.36. The molecular formula is C18H22N6O7S2. The molecule has 178 valence electrons. The number of hydrogen-bond acceptors (Lipinski definition) is 11. The van der Waals surface area contributed by atoms with Gasteiger partial charge in [-0.2, -0.15) is 0 Å². The van der Waals surface area contributed by atoms with E-state index in [0.717, 1.165) is 16.2 Å². The molecule has 0 saturated carbocycles. The highest BCUT2D eigenvalue weighted by atomic mass is 32.2. The lowest BCUT2D eigenvalue weighted by molar-refractivity contribution is -0.150. The van der Waals surface area contributed by atoms with Crippen LogP contribution >= 0.6 is 23.1 Å². The predicted molar refractivity (Wildman–Crippen MR) is 119 cm³/mol. The van der Waals surface area contributed by atoms with Gasteiger partial charge in [-0.1, -0.05) is 12.1 Å². The van der Waals surface area contributed by atoms with E-state index in [1.54, 1.807) is 0 Å². The van der Waals surface area contributed by atoms with Crippen molar-refractivity contribution in [1.29, 1.82) is 0 Å². The first kappa shape index (κ1) is 24.5. The summed E-state index contributed by atoms with van der Waals surface area (Å²) in [5.41, 5.74) is 5.80. The number of nitrogens with two attached hydrogens (primary N) is 1. The van der Waals surface area contributed by atoms with Gasteiger partial charge < -0.3 is 31.4 Å². The first-order valence-electron chi connectivity index (χ1n) is 9.75. The van der Waals surface area contributed by atoms with Gasteiger partial charge >= 0.3 is 11.9 Å². The lowest BCUT2D eigenvalue weighted by Crippen LogP contribution is -2.71.